The van der Waals surface area contributed by atoms with Gasteiger partial charge in [-0.05, 0) is 25.5 Å². The van der Waals surface area contributed by atoms with Gasteiger partial charge in [-0.2, -0.15) is 0 Å². The van der Waals surface area contributed by atoms with E-state index in [-0.39, 0.29) is 11.9 Å². The van der Waals surface area contributed by atoms with Gasteiger partial charge in [0.1, 0.15) is 5.82 Å². The first kappa shape index (κ1) is 12.6. The summed E-state index contributed by atoms with van der Waals surface area (Å²) in [5, 5.41) is 12.0. The molecule has 1 aromatic rings. The highest BCUT2D eigenvalue weighted by atomic mass is 16.5. The van der Waals surface area contributed by atoms with Gasteiger partial charge in [0.15, 0.2) is 5.84 Å². The third-order valence-corrected chi connectivity index (χ3v) is 3.04. The molecular weight excluding hydrogens is 232 g/mol. The first-order valence-electron chi connectivity index (χ1n) is 5.93. The number of pyridine rings is 1. The summed E-state index contributed by atoms with van der Waals surface area (Å²) >= 11 is 0. The van der Waals surface area contributed by atoms with Gasteiger partial charge in [-0.3, -0.25) is 0 Å². The largest absolute Gasteiger partial charge is 0.409 e. The molecule has 6 nitrogen and oxygen atoms in total. The van der Waals surface area contributed by atoms with Crippen LogP contribution in [0.4, 0.5) is 5.82 Å². The Hall–Kier alpha value is -1.82. The zero-order chi connectivity index (χ0) is 13.1. The number of hydrogen-bond donors (Lipinski definition) is 2. The van der Waals surface area contributed by atoms with Crippen molar-refractivity contribution in [3.63, 3.8) is 0 Å². The van der Waals surface area contributed by atoms with Crippen LogP contribution in [-0.2, 0) is 4.74 Å². The van der Waals surface area contributed by atoms with E-state index in [1.54, 1.807) is 6.20 Å². The third kappa shape index (κ3) is 2.38. The van der Waals surface area contributed by atoms with E-state index in [9.17, 15) is 0 Å². The Labute approximate surface area is 106 Å². The van der Waals surface area contributed by atoms with Crippen LogP contribution in [0.5, 0.6) is 0 Å². The van der Waals surface area contributed by atoms with Crippen molar-refractivity contribution < 1.29 is 9.94 Å². The maximum absolute atomic E-state index is 8.88. The molecule has 0 radical (unpaired) electrons. The summed E-state index contributed by atoms with van der Waals surface area (Å²) in [6.45, 7) is 6.11. The maximum atomic E-state index is 8.88. The second kappa shape index (κ2) is 5.22. The van der Waals surface area contributed by atoms with Gasteiger partial charge in [-0.15, -0.1) is 0 Å². The van der Waals surface area contributed by atoms with Crippen LogP contribution in [0.25, 0.3) is 0 Å². The van der Waals surface area contributed by atoms with Crippen LogP contribution in [0.2, 0.25) is 0 Å². The minimum Gasteiger partial charge on any atom is -0.409 e. The zero-order valence-electron chi connectivity index (χ0n) is 10.6. The molecule has 1 fully saturated rings. The minimum atomic E-state index is 0.0924. The third-order valence-electron chi connectivity index (χ3n) is 3.04. The molecule has 0 amide bonds. The highest BCUT2D eigenvalue weighted by molar-refractivity contribution is 6.02. The quantitative estimate of drug-likeness (QED) is 0.349. The van der Waals surface area contributed by atoms with Crippen LogP contribution in [0.3, 0.4) is 0 Å². The second-order valence-electron chi connectivity index (χ2n) is 4.44. The van der Waals surface area contributed by atoms with E-state index in [1.165, 1.54) is 0 Å². The van der Waals surface area contributed by atoms with Crippen LogP contribution >= 0.6 is 0 Å². The number of aryl methyl sites for hydroxylation is 1. The van der Waals surface area contributed by atoms with Gasteiger partial charge in [0.25, 0.3) is 0 Å². The molecule has 18 heavy (non-hydrogen) atoms. The van der Waals surface area contributed by atoms with E-state index >= 15 is 0 Å². The summed E-state index contributed by atoms with van der Waals surface area (Å²) in [6.07, 6.45) is 1.89. The fourth-order valence-corrected chi connectivity index (χ4v) is 2.16. The van der Waals surface area contributed by atoms with Gasteiger partial charge in [0, 0.05) is 19.3 Å². The molecular formula is C12H18N4O2. The molecule has 0 bridgehead atoms. The Balaban J connectivity index is 2.40. The Kier molecular flexibility index (Phi) is 3.66. The molecule has 6 heteroatoms. The lowest BCUT2D eigenvalue weighted by Crippen LogP contribution is -2.42. The summed E-state index contributed by atoms with van der Waals surface area (Å²) < 4.78 is 5.51. The lowest BCUT2D eigenvalue weighted by Gasteiger charge is -2.33. The predicted molar refractivity (Wildman–Crippen MR) is 69.1 cm³/mol. The number of ether oxygens (including phenoxy) is 1. The Morgan fingerprint density at radius 2 is 2.44 bits per heavy atom. The number of amidine groups is 1. The number of oxime groups is 1. The van der Waals surface area contributed by atoms with E-state index in [1.807, 2.05) is 19.9 Å². The first-order valence-corrected chi connectivity index (χ1v) is 5.93. The van der Waals surface area contributed by atoms with Crippen molar-refractivity contribution in [2.75, 3.05) is 24.6 Å². The number of nitrogens with zero attached hydrogens (tertiary/aromatic N) is 3. The number of rotatable bonds is 2. The molecule has 0 saturated carbocycles. The van der Waals surface area contributed by atoms with E-state index in [2.05, 4.69) is 15.0 Å². The Morgan fingerprint density at radius 3 is 3.11 bits per heavy atom. The molecule has 2 rings (SSSR count). The van der Waals surface area contributed by atoms with E-state index in [0.717, 1.165) is 24.5 Å². The van der Waals surface area contributed by atoms with Gasteiger partial charge in [0.2, 0.25) is 0 Å². The van der Waals surface area contributed by atoms with Gasteiger partial charge < -0.3 is 20.6 Å². The van der Waals surface area contributed by atoms with E-state index in [0.29, 0.717) is 12.2 Å². The minimum absolute atomic E-state index is 0.0924. The number of hydrogen-bond acceptors (Lipinski definition) is 5. The zero-order valence-corrected chi connectivity index (χ0v) is 10.6. The summed E-state index contributed by atoms with van der Waals surface area (Å²) in [5.41, 5.74) is 7.37. The fraction of sp³-hybridized carbons (Fsp3) is 0.500. The predicted octanol–water partition coefficient (Wildman–Crippen LogP) is 0.710. The fourth-order valence-electron chi connectivity index (χ4n) is 2.16. The molecule has 0 aromatic carbocycles. The van der Waals surface area contributed by atoms with Crippen LogP contribution in [0, 0.1) is 6.92 Å². The molecule has 0 aliphatic carbocycles. The maximum Gasteiger partial charge on any atom is 0.174 e. The SMILES string of the molecule is Cc1ccnc(N2CCOC(C)C2)c1/C(N)=N/O. The lowest BCUT2D eigenvalue weighted by molar-refractivity contribution is 0.0529. The smallest absolute Gasteiger partial charge is 0.174 e. The summed E-state index contributed by atoms with van der Waals surface area (Å²) in [7, 11) is 0. The molecule has 1 atom stereocenters. The van der Waals surface area contributed by atoms with Crippen LogP contribution in [0.1, 0.15) is 18.1 Å². The van der Waals surface area contributed by atoms with E-state index in [4.69, 9.17) is 15.7 Å². The van der Waals surface area contributed by atoms with Crippen LogP contribution in [-0.4, -0.2) is 41.8 Å². The normalized spacial score (nSPS) is 21.1. The molecule has 3 N–H and O–H groups in total. The molecule has 1 unspecified atom stereocenters. The number of aromatic nitrogens is 1. The molecule has 1 aliphatic heterocycles. The number of nitrogens with two attached hydrogens (primary N) is 1. The van der Waals surface area contributed by atoms with Crippen LogP contribution < -0.4 is 10.6 Å². The van der Waals surface area contributed by atoms with Crippen molar-refractivity contribution >= 4 is 11.7 Å². The van der Waals surface area contributed by atoms with Gasteiger partial charge in [0.05, 0.1) is 18.3 Å². The van der Waals surface area contributed by atoms with Crippen LogP contribution in [0.15, 0.2) is 17.4 Å². The Bertz CT molecular complexity index is 461. The van der Waals surface area contributed by atoms with Gasteiger partial charge in [-0.25, -0.2) is 4.98 Å². The lowest BCUT2D eigenvalue weighted by atomic mass is 10.1. The average Bonchev–Trinajstić information content (AvgIpc) is 2.37. The second-order valence-corrected chi connectivity index (χ2v) is 4.44. The van der Waals surface area contributed by atoms with Crippen molar-refractivity contribution in [1.82, 2.24) is 4.98 Å². The summed E-state index contributed by atoms with van der Waals surface area (Å²) in [5.74, 6) is 0.843. The molecule has 2 heterocycles. The van der Waals surface area contributed by atoms with Crippen molar-refractivity contribution in [3.8, 4) is 0 Å². The number of anilines is 1. The van der Waals surface area contributed by atoms with Gasteiger partial charge >= 0.3 is 0 Å². The highest BCUT2D eigenvalue weighted by Gasteiger charge is 2.22. The molecule has 1 saturated heterocycles. The standard InChI is InChI=1S/C12H18N4O2/c1-8-3-4-14-12(10(8)11(13)15-17)16-5-6-18-9(2)7-16/h3-4,9,17H,5-7H2,1-2H3,(H2,13,15). The van der Waals surface area contributed by atoms with Crippen molar-refractivity contribution in [2.24, 2.45) is 10.9 Å². The molecule has 98 valence electrons. The molecule has 0 spiro atoms. The van der Waals surface area contributed by atoms with Crippen molar-refractivity contribution in [3.05, 3.63) is 23.4 Å². The highest BCUT2D eigenvalue weighted by Crippen LogP contribution is 2.22. The summed E-state index contributed by atoms with van der Waals surface area (Å²) in [6, 6.07) is 1.85. The first-order chi connectivity index (χ1) is 8.63. The Morgan fingerprint density at radius 1 is 1.67 bits per heavy atom. The number of morpholine rings is 1. The van der Waals surface area contributed by atoms with E-state index < -0.39 is 0 Å². The topological polar surface area (TPSA) is 84.0 Å². The van der Waals surface area contributed by atoms with Crippen molar-refractivity contribution in [2.45, 2.75) is 20.0 Å². The monoisotopic (exact) mass is 250 g/mol. The average molecular weight is 250 g/mol. The van der Waals surface area contributed by atoms with Crippen molar-refractivity contribution in [1.29, 1.82) is 0 Å². The molecule has 1 aliphatic rings. The van der Waals surface area contributed by atoms with Gasteiger partial charge in [-0.1, -0.05) is 5.16 Å². The molecule has 1 aromatic heterocycles. The summed E-state index contributed by atoms with van der Waals surface area (Å²) in [4.78, 5) is 6.47.